The number of rotatable bonds is 8. The van der Waals surface area contributed by atoms with Gasteiger partial charge < -0.3 is 21.3 Å². The molecule has 7 nitrogen and oxygen atoms in total. The second kappa shape index (κ2) is 11.7. The third-order valence-corrected chi connectivity index (χ3v) is 7.30. The molecule has 0 atom stereocenters. The van der Waals surface area contributed by atoms with E-state index in [-0.39, 0.29) is 29.7 Å². The first-order valence-electron chi connectivity index (χ1n) is 12.6. The maximum Gasteiger partial charge on any atom is 0.267 e. The summed E-state index contributed by atoms with van der Waals surface area (Å²) in [5, 5.41) is 13.4. The molecule has 2 heterocycles. The van der Waals surface area contributed by atoms with Gasteiger partial charge in [-0.2, -0.15) is 0 Å². The molecule has 1 aliphatic heterocycles. The largest absolute Gasteiger partial charge is 0.349 e. The molecule has 0 radical (unpaired) electrons. The number of benzene rings is 2. The average molecular weight is 506 g/mol. The zero-order chi connectivity index (χ0) is 25.7. The molecule has 0 bridgehead atoms. The molecule has 2 amide bonds. The van der Waals surface area contributed by atoms with Gasteiger partial charge in [0.05, 0.1) is 6.20 Å². The predicted molar refractivity (Wildman–Crippen MR) is 148 cm³/mol. The molecule has 1 aromatic heterocycles. The van der Waals surface area contributed by atoms with Crippen LogP contribution < -0.4 is 21.3 Å². The molecule has 1 fully saturated rings. The Kier molecular flexibility index (Phi) is 8.38. The summed E-state index contributed by atoms with van der Waals surface area (Å²) in [5.41, 5.74) is 4.48. The molecule has 1 saturated heterocycles. The van der Waals surface area contributed by atoms with Crippen LogP contribution in [0.2, 0.25) is 0 Å². The Morgan fingerprint density at radius 3 is 2.31 bits per heavy atom. The van der Waals surface area contributed by atoms with Gasteiger partial charge in [-0.3, -0.25) is 9.59 Å². The van der Waals surface area contributed by atoms with Crippen LogP contribution in [0.1, 0.15) is 83.5 Å². The van der Waals surface area contributed by atoms with Crippen LogP contribution in [0.25, 0.3) is 0 Å². The number of carbonyl (C=O) groups excluding carboxylic acids is 2. The van der Waals surface area contributed by atoms with Crippen molar-refractivity contribution in [3.8, 4) is 0 Å². The summed E-state index contributed by atoms with van der Waals surface area (Å²) in [5.74, 6) is 0.328. The van der Waals surface area contributed by atoms with Crippen LogP contribution in [-0.4, -0.2) is 35.9 Å². The summed E-state index contributed by atoms with van der Waals surface area (Å²) in [6.45, 7) is 10.4. The van der Waals surface area contributed by atoms with Gasteiger partial charge in [0.1, 0.15) is 4.88 Å². The van der Waals surface area contributed by atoms with Crippen molar-refractivity contribution >= 4 is 39.7 Å². The van der Waals surface area contributed by atoms with E-state index in [1.165, 1.54) is 11.3 Å². The molecule has 0 unspecified atom stereocenters. The topological polar surface area (TPSA) is 95.2 Å². The number of aromatic nitrogens is 1. The van der Waals surface area contributed by atoms with Gasteiger partial charge in [-0.05, 0) is 67.1 Å². The van der Waals surface area contributed by atoms with Crippen molar-refractivity contribution in [1.29, 1.82) is 0 Å². The summed E-state index contributed by atoms with van der Waals surface area (Å²) in [4.78, 5) is 30.8. The van der Waals surface area contributed by atoms with Gasteiger partial charge in [0.25, 0.3) is 11.8 Å². The third kappa shape index (κ3) is 6.30. The highest BCUT2D eigenvalue weighted by Crippen LogP contribution is 2.33. The van der Waals surface area contributed by atoms with E-state index in [1.54, 1.807) is 12.3 Å². The van der Waals surface area contributed by atoms with Crippen molar-refractivity contribution in [2.45, 2.75) is 58.4 Å². The van der Waals surface area contributed by atoms with Crippen molar-refractivity contribution in [3.63, 3.8) is 0 Å². The summed E-state index contributed by atoms with van der Waals surface area (Å²) >= 11 is 1.28. The number of carbonyl (C=O) groups is 2. The molecule has 8 heteroatoms. The zero-order valence-electron chi connectivity index (χ0n) is 21.4. The number of hydrogen-bond donors (Lipinski definition) is 4. The minimum absolute atomic E-state index is 0.0745. The van der Waals surface area contributed by atoms with Gasteiger partial charge in [0.2, 0.25) is 0 Å². The normalized spacial score (nSPS) is 14.2. The molecule has 36 heavy (non-hydrogen) atoms. The van der Waals surface area contributed by atoms with Crippen LogP contribution in [0.4, 0.5) is 16.5 Å². The molecule has 0 saturated carbocycles. The number of piperidine rings is 1. The predicted octanol–water partition coefficient (Wildman–Crippen LogP) is 5.87. The Balaban J connectivity index is 1.44. The monoisotopic (exact) mass is 505 g/mol. The Morgan fingerprint density at radius 1 is 0.972 bits per heavy atom. The minimum atomic E-state index is -0.175. The fourth-order valence-corrected chi connectivity index (χ4v) is 5.14. The SMILES string of the molecule is CC(C)c1cccc(C(C)C)c1NC(=O)c1cnc(Nc2cccc(C(=O)NC3CCNCC3)c2)s1. The lowest BCUT2D eigenvalue weighted by Crippen LogP contribution is -2.42. The Morgan fingerprint density at radius 2 is 1.64 bits per heavy atom. The second-order valence-corrected chi connectivity index (χ2v) is 10.8. The number of amides is 2. The fraction of sp³-hybridized carbons (Fsp3) is 0.393. The Hall–Kier alpha value is -3.23. The van der Waals surface area contributed by atoms with E-state index in [0.29, 0.717) is 15.6 Å². The van der Waals surface area contributed by atoms with Crippen LogP contribution in [0, 0.1) is 0 Å². The van der Waals surface area contributed by atoms with Crippen LogP contribution in [0.15, 0.2) is 48.7 Å². The number of thiazole rings is 1. The number of anilines is 3. The van der Waals surface area contributed by atoms with Gasteiger partial charge in [-0.15, -0.1) is 0 Å². The van der Waals surface area contributed by atoms with Gasteiger partial charge >= 0.3 is 0 Å². The maximum absolute atomic E-state index is 13.1. The molecule has 2 aromatic carbocycles. The van der Waals surface area contributed by atoms with Crippen molar-refractivity contribution in [1.82, 2.24) is 15.6 Å². The summed E-state index contributed by atoms with van der Waals surface area (Å²) < 4.78 is 0. The summed E-state index contributed by atoms with van der Waals surface area (Å²) in [6, 6.07) is 13.7. The van der Waals surface area contributed by atoms with Gasteiger partial charge in [-0.1, -0.05) is 63.3 Å². The number of hydrogen-bond acceptors (Lipinski definition) is 6. The molecule has 0 spiro atoms. The summed E-state index contributed by atoms with van der Waals surface area (Å²) in [7, 11) is 0. The maximum atomic E-state index is 13.1. The highest BCUT2D eigenvalue weighted by molar-refractivity contribution is 7.17. The first kappa shape index (κ1) is 25.9. The van der Waals surface area contributed by atoms with Gasteiger partial charge in [-0.25, -0.2) is 4.98 Å². The van der Waals surface area contributed by atoms with E-state index in [0.717, 1.165) is 48.4 Å². The van der Waals surface area contributed by atoms with Gasteiger partial charge in [0, 0.05) is 23.0 Å². The summed E-state index contributed by atoms with van der Waals surface area (Å²) in [6.07, 6.45) is 3.46. The van der Waals surface area contributed by atoms with Crippen LogP contribution in [0.3, 0.4) is 0 Å². The van der Waals surface area contributed by atoms with E-state index >= 15 is 0 Å². The number of para-hydroxylation sites is 1. The quantitative estimate of drug-likeness (QED) is 0.307. The first-order valence-corrected chi connectivity index (χ1v) is 13.4. The van der Waals surface area contributed by atoms with E-state index in [4.69, 9.17) is 0 Å². The average Bonchev–Trinajstić information content (AvgIpc) is 3.33. The minimum Gasteiger partial charge on any atom is -0.349 e. The van der Waals surface area contributed by atoms with E-state index < -0.39 is 0 Å². The Bertz CT molecular complexity index is 1190. The highest BCUT2D eigenvalue weighted by atomic mass is 32.1. The lowest BCUT2D eigenvalue weighted by Gasteiger charge is -2.23. The number of nitrogens with one attached hydrogen (secondary N) is 4. The van der Waals surface area contributed by atoms with E-state index in [9.17, 15) is 9.59 Å². The molecule has 190 valence electrons. The van der Waals surface area contributed by atoms with Crippen molar-refractivity contribution < 1.29 is 9.59 Å². The zero-order valence-corrected chi connectivity index (χ0v) is 22.2. The van der Waals surface area contributed by atoms with E-state index in [2.05, 4.69) is 72.1 Å². The van der Waals surface area contributed by atoms with Crippen molar-refractivity contribution in [3.05, 3.63) is 70.2 Å². The van der Waals surface area contributed by atoms with Crippen molar-refractivity contribution in [2.75, 3.05) is 23.7 Å². The Labute approximate surface area is 217 Å². The second-order valence-electron chi connectivity index (χ2n) is 9.81. The smallest absolute Gasteiger partial charge is 0.267 e. The fourth-order valence-electron chi connectivity index (χ4n) is 4.40. The molecule has 0 aliphatic carbocycles. The van der Waals surface area contributed by atoms with Crippen LogP contribution >= 0.6 is 11.3 Å². The third-order valence-electron chi connectivity index (χ3n) is 6.39. The van der Waals surface area contributed by atoms with Gasteiger partial charge in [0.15, 0.2) is 5.13 Å². The van der Waals surface area contributed by atoms with Crippen molar-refractivity contribution in [2.24, 2.45) is 0 Å². The molecule has 4 N–H and O–H groups in total. The lowest BCUT2D eigenvalue weighted by molar-refractivity contribution is 0.0929. The molecule has 4 rings (SSSR count). The standard InChI is InChI=1S/C28H35N5O2S/c1-17(2)22-9-6-10-23(18(3)4)25(22)33-27(35)24-16-30-28(36-24)32-21-8-5-7-19(15-21)26(34)31-20-11-13-29-14-12-20/h5-10,15-18,20,29H,11-14H2,1-4H3,(H,30,32)(H,31,34)(H,33,35). The molecular weight excluding hydrogens is 470 g/mol. The van der Waals surface area contributed by atoms with Crippen LogP contribution in [-0.2, 0) is 0 Å². The molecule has 3 aromatic rings. The van der Waals surface area contributed by atoms with E-state index in [1.807, 2.05) is 18.2 Å². The first-order chi connectivity index (χ1) is 17.3. The lowest BCUT2D eigenvalue weighted by atomic mass is 9.92. The molecule has 1 aliphatic rings. The number of nitrogens with zero attached hydrogens (tertiary/aromatic N) is 1. The molecular formula is C28H35N5O2S. The highest BCUT2D eigenvalue weighted by Gasteiger charge is 2.19. The van der Waals surface area contributed by atoms with Crippen LogP contribution in [0.5, 0.6) is 0 Å².